The number of anilines is 1. The third-order valence-corrected chi connectivity index (χ3v) is 5.88. The lowest BCUT2D eigenvalue weighted by atomic mass is 9.97. The highest BCUT2D eigenvalue weighted by Crippen LogP contribution is 2.22. The third kappa shape index (κ3) is 4.19. The Morgan fingerprint density at radius 3 is 2.73 bits per heavy atom. The Bertz CT molecular complexity index is 1110. The van der Waals surface area contributed by atoms with Gasteiger partial charge in [-0.3, -0.25) is 9.59 Å². The summed E-state index contributed by atoms with van der Waals surface area (Å²) in [6.45, 7) is 4.22. The van der Waals surface area contributed by atoms with Crippen molar-refractivity contribution in [3.05, 3.63) is 69.5 Å². The molecule has 0 radical (unpaired) electrons. The zero-order valence-corrected chi connectivity index (χ0v) is 17.7. The Hall–Kier alpha value is -2.86. The quantitative estimate of drug-likeness (QED) is 0.679. The number of para-hydroxylation sites is 2. The number of nitrogens with one attached hydrogen (secondary N) is 1. The molecule has 0 unspecified atom stereocenters. The van der Waals surface area contributed by atoms with E-state index in [4.69, 9.17) is 11.6 Å². The molecule has 1 saturated heterocycles. The number of halogens is 1. The summed E-state index contributed by atoms with van der Waals surface area (Å²) in [5, 5.41) is 3.69. The van der Waals surface area contributed by atoms with Crippen LogP contribution in [0.4, 0.5) is 5.82 Å². The number of carbonyl (C=O) groups is 1. The first kappa shape index (κ1) is 20.4. The number of benzene rings is 2. The van der Waals surface area contributed by atoms with E-state index in [0.29, 0.717) is 30.5 Å². The number of aromatic nitrogens is 2. The zero-order chi connectivity index (χ0) is 21.1. The molecule has 3 aromatic rings. The molecule has 30 heavy (non-hydrogen) atoms. The molecule has 1 aliphatic heterocycles. The zero-order valence-electron chi connectivity index (χ0n) is 17.0. The molecule has 1 N–H and O–H groups in total. The summed E-state index contributed by atoms with van der Waals surface area (Å²) < 4.78 is 1.75. The maximum absolute atomic E-state index is 13.1. The van der Waals surface area contributed by atoms with Crippen LogP contribution in [0.3, 0.4) is 0 Å². The van der Waals surface area contributed by atoms with Crippen LogP contribution < -0.4 is 15.8 Å². The summed E-state index contributed by atoms with van der Waals surface area (Å²) in [4.78, 5) is 32.5. The van der Waals surface area contributed by atoms with Crippen LogP contribution in [0.5, 0.6) is 0 Å². The summed E-state index contributed by atoms with van der Waals surface area (Å²) in [5.74, 6) is 0.269. The van der Waals surface area contributed by atoms with Crippen molar-refractivity contribution in [2.24, 2.45) is 5.92 Å². The lowest BCUT2D eigenvalue weighted by Crippen LogP contribution is -2.45. The van der Waals surface area contributed by atoms with Gasteiger partial charge in [0.1, 0.15) is 0 Å². The van der Waals surface area contributed by atoms with Crippen LogP contribution in [0.15, 0.2) is 53.3 Å². The van der Waals surface area contributed by atoms with Gasteiger partial charge >= 0.3 is 0 Å². The molecule has 1 fully saturated rings. The number of aryl methyl sites for hydroxylation is 1. The first-order valence-electron chi connectivity index (χ1n) is 10.3. The standard InChI is InChI=1S/C23H25ClN4O2/c1-2-28-20-8-4-3-7-19(20)26-21(23(28)30)27-13-5-6-17(15-27)22(29)25-14-16-9-11-18(24)12-10-16/h3-4,7-12,17H,2,5-6,13-15H2,1H3,(H,25,29)/t17-/m0/s1. The van der Waals surface area contributed by atoms with Crippen LogP contribution >= 0.6 is 11.6 Å². The van der Waals surface area contributed by atoms with Gasteiger partial charge in [-0.25, -0.2) is 4.98 Å². The van der Waals surface area contributed by atoms with E-state index in [1.165, 1.54) is 0 Å². The van der Waals surface area contributed by atoms with Crippen molar-refractivity contribution in [3.8, 4) is 0 Å². The van der Waals surface area contributed by atoms with Crippen LogP contribution in [0.2, 0.25) is 5.02 Å². The molecule has 0 saturated carbocycles. The summed E-state index contributed by atoms with van der Waals surface area (Å²) >= 11 is 5.92. The molecule has 0 bridgehead atoms. The minimum absolute atomic E-state index is 0.00579. The fourth-order valence-electron chi connectivity index (χ4n) is 4.02. The molecule has 0 aliphatic carbocycles. The molecular weight excluding hydrogens is 400 g/mol. The van der Waals surface area contributed by atoms with E-state index in [0.717, 1.165) is 36.0 Å². The molecular formula is C23H25ClN4O2. The van der Waals surface area contributed by atoms with Gasteiger partial charge in [-0.15, -0.1) is 0 Å². The van der Waals surface area contributed by atoms with Crippen molar-refractivity contribution in [1.29, 1.82) is 0 Å². The number of hydrogen-bond donors (Lipinski definition) is 1. The van der Waals surface area contributed by atoms with Crippen molar-refractivity contribution in [1.82, 2.24) is 14.9 Å². The van der Waals surface area contributed by atoms with Crippen LogP contribution in [0.25, 0.3) is 11.0 Å². The minimum Gasteiger partial charge on any atom is -0.352 e. The predicted molar refractivity (Wildman–Crippen MR) is 120 cm³/mol. The van der Waals surface area contributed by atoms with Gasteiger partial charge in [0.2, 0.25) is 5.91 Å². The van der Waals surface area contributed by atoms with Gasteiger partial charge in [-0.05, 0) is 49.6 Å². The lowest BCUT2D eigenvalue weighted by Gasteiger charge is -2.32. The van der Waals surface area contributed by atoms with Crippen LogP contribution in [-0.2, 0) is 17.9 Å². The van der Waals surface area contributed by atoms with E-state index < -0.39 is 0 Å². The van der Waals surface area contributed by atoms with E-state index in [1.54, 1.807) is 4.57 Å². The normalized spacial score (nSPS) is 16.6. The molecule has 4 rings (SSSR count). The second kappa shape index (κ2) is 8.88. The molecule has 7 heteroatoms. The summed E-state index contributed by atoms with van der Waals surface area (Å²) in [6.07, 6.45) is 1.65. The van der Waals surface area contributed by atoms with Gasteiger partial charge in [-0.1, -0.05) is 35.9 Å². The minimum atomic E-state index is -0.172. The Balaban J connectivity index is 1.51. The number of piperidine rings is 1. The predicted octanol–water partition coefficient (Wildman–Crippen LogP) is 3.60. The van der Waals surface area contributed by atoms with E-state index in [-0.39, 0.29) is 17.4 Å². The average Bonchev–Trinajstić information content (AvgIpc) is 2.78. The van der Waals surface area contributed by atoms with Gasteiger partial charge < -0.3 is 14.8 Å². The Kier molecular flexibility index (Phi) is 6.04. The molecule has 1 aromatic heterocycles. The smallest absolute Gasteiger partial charge is 0.293 e. The molecule has 2 heterocycles. The van der Waals surface area contributed by atoms with Gasteiger partial charge in [0.15, 0.2) is 5.82 Å². The van der Waals surface area contributed by atoms with Crippen molar-refractivity contribution in [3.63, 3.8) is 0 Å². The summed E-state index contributed by atoms with van der Waals surface area (Å²) in [7, 11) is 0. The van der Waals surface area contributed by atoms with E-state index in [1.807, 2.05) is 60.4 Å². The van der Waals surface area contributed by atoms with Gasteiger partial charge in [-0.2, -0.15) is 0 Å². The van der Waals surface area contributed by atoms with Gasteiger partial charge in [0, 0.05) is 31.2 Å². The van der Waals surface area contributed by atoms with Crippen LogP contribution in [0.1, 0.15) is 25.3 Å². The number of fused-ring (bicyclic) bond motifs is 1. The fraction of sp³-hybridized carbons (Fsp3) is 0.348. The number of nitrogens with zero attached hydrogens (tertiary/aromatic N) is 3. The maximum atomic E-state index is 13.1. The highest BCUT2D eigenvalue weighted by Gasteiger charge is 2.28. The monoisotopic (exact) mass is 424 g/mol. The summed E-state index contributed by atoms with van der Waals surface area (Å²) in [5.41, 5.74) is 2.53. The Morgan fingerprint density at radius 1 is 1.20 bits per heavy atom. The summed E-state index contributed by atoms with van der Waals surface area (Å²) in [6, 6.07) is 15.1. The Labute approximate surface area is 180 Å². The highest BCUT2D eigenvalue weighted by atomic mass is 35.5. The second-order valence-corrected chi connectivity index (χ2v) is 8.04. The molecule has 1 aliphatic rings. The maximum Gasteiger partial charge on any atom is 0.293 e. The number of carbonyl (C=O) groups excluding carboxylic acids is 1. The van der Waals surface area contributed by atoms with Gasteiger partial charge in [0.05, 0.1) is 17.0 Å². The largest absolute Gasteiger partial charge is 0.352 e. The SMILES string of the molecule is CCn1c(=O)c(N2CCC[C@H](C(=O)NCc3ccc(Cl)cc3)C2)nc2ccccc21. The topological polar surface area (TPSA) is 67.2 Å². The van der Waals surface area contributed by atoms with E-state index in [2.05, 4.69) is 10.3 Å². The van der Waals surface area contributed by atoms with Crippen molar-refractivity contribution in [2.45, 2.75) is 32.9 Å². The average molecular weight is 425 g/mol. The Morgan fingerprint density at radius 2 is 1.97 bits per heavy atom. The first-order valence-corrected chi connectivity index (χ1v) is 10.7. The lowest BCUT2D eigenvalue weighted by molar-refractivity contribution is -0.125. The third-order valence-electron chi connectivity index (χ3n) is 5.62. The van der Waals surface area contributed by atoms with Gasteiger partial charge in [0.25, 0.3) is 5.56 Å². The van der Waals surface area contributed by atoms with Crippen molar-refractivity contribution < 1.29 is 4.79 Å². The molecule has 2 aromatic carbocycles. The molecule has 1 atom stereocenters. The number of amides is 1. The molecule has 156 valence electrons. The second-order valence-electron chi connectivity index (χ2n) is 7.60. The van der Waals surface area contributed by atoms with Crippen LogP contribution in [-0.4, -0.2) is 28.5 Å². The highest BCUT2D eigenvalue weighted by molar-refractivity contribution is 6.30. The number of hydrogen-bond acceptors (Lipinski definition) is 4. The van der Waals surface area contributed by atoms with Crippen molar-refractivity contribution >= 4 is 34.4 Å². The molecule has 1 amide bonds. The van der Waals surface area contributed by atoms with Crippen LogP contribution in [0, 0.1) is 5.92 Å². The van der Waals surface area contributed by atoms with Crippen molar-refractivity contribution in [2.75, 3.05) is 18.0 Å². The fourth-order valence-corrected chi connectivity index (χ4v) is 4.14. The molecule has 0 spiro atoms. The molecule has 6 nitrogen and oxygen atoms in total. The number of rotatable bonds is 5. The van der Waals surface area contributed by atoms with E-state index >= 15 is 0 Å². The first-order chi connectivity index (χ1) is 14.6. The van der Waals surface area contributed by atoms with E-state index in [9.17, 15) is 9.59 Å².